The molecule has 1 N–H and O–H groups in total. The van der Waals surface area contributed by atoms with Gasteiger partial charge in [-0.1, -0.05) is 12.1 Å². The molecule has 1 aromatic heterocycles. The van der Waals surface area contributed by atoms with Crippen LogP contribution in [0.2, 0.25) is 0 Å². The van der Waals surface area contributed by atoms with Crippen LogP contribution in [0.15, 0.2) is 51.4 Å². The van der Waals surface area contributed by atoms with Crippen molar-refractivity contribution in [2.75, 3.05) is 12.9 Å². The summed E-state index contributed by atoms with van der Waals surface area (Å²) >= 11 is 1.97. The first-order valence-electron chi connectivity index (χ1n) is 9.40. The summed E-state index contributed by atoms with van der Waals surface area (Å²) < 4.78 is 34.3. The molecule has 0 saturated heterocycles. The molecule has 170 valence electrons. The number of thiophene rings is 1. The van der Waals surface area contributed by atoms with Crippen molar-refractivity contribution in [3.8, 4) is 11.5 Å². The van der Waals surface area contributed by atoms with Gasteiger partial charge in [-0.15, -0.1) is 16.4 Å². The number of amides is 1. The van der Waals surface area contributed by atoms with E-state index in [2.05, 4.69) is 10.1 Å². The summed E-state index contributed by atoms with van der Waals surface area (Å²) in [5.41, 5.74) is 0.406. The number of fused-ring (bicyclic) bond motifs is 1. The van der Waals surface area contributed by atoms with Crippen LogP contribution in [0.4, 0.5) is 0 Å². The van der Waals surface area contributed by atoms with Crippen LogP contribution in [-0.2, 0) is 14.6 Å². The summed E-state index contributed by atoms with van der Waals surface area (Å²) in [6.07, 6.45) is 2.40. The average Bonchev–Trinajstić information content (AvgIpc) is 3.43. The van der Waals surface area contributed by atoms with Gasteiger partial charge in [-0.3, -0.25) is 10.2 Å². The van der Waals surface area contributed by atoms with Gasteiger partial charge in [0.25, 0.3) is 5.91 Å². The zero-order chi connectivity index (χ0) is 23.8. The van der Waals surface area contributed by atoms with Gasteiger partial charge in [-0.05, 0) is 53.9 Å². The Labute approximate surface area is 197 Å². The van der Waals surface area contributed by atoms with Crippen molar-refractivity contribution < 1.29 is 27.5 Å². The van der Waals surface area contributed by atoms with E-state index in [4.69, 9.17) is 14.9 Å². The van der Waals surface area contributed by atoms with E-state index in [1.807, 2.05) is 0 Å². The Balaban J connectivity index is 1.64. The van der Waals surface area contributed by atoms with E-state index in [-0.39, 0.29) is 32.5 Å². The number of benzene rings is 1. The van der Waals surface area contributed by atoms with Crippen molar-refractivity contribution in [1.82, 2.24) is 5.01 Å². The van der Waals surface area contributed by atoms with Crippen LogP contribution < -0.4 is 9.47 Å². The van der Waals surface area contributed by atoms with Gasteiger partial charge in [0.15, 0.2) is 17.3 Å². The molecule has 1 amide bonds. The molecule has 2 aromatic rings. The van der Waals surface area contributed by atoms with Crippen molar-refractivity contribution in [2.24, 2.45) is 10.1 Å². The molecule has 0 radical (unpaired) electrons. The van der Waals surface area contributed by atoms with Crippen molar-refractivity contribution in [3.63, 3.8) is 0 Å². The molecule has 33 heavy (non-hydrogen) atoms. The molecule has 0 aliphatic carbocycles. The SMILES string of the molecule is CCOc1cc(C=C2C(=N)N3N=C(S(C)(=O)=O)SC3=NC2=O)ccc1OC(=O)c1cccs1. The summed E-state index contributed by atoms with van der Waals surface area (Å²) in [5.74, 6) is -1.03. The van der Waals surface area contributed by atoms with Crippen molar-refractivity contribution >= 4 is 66.3 Å². The van der Waals surface area contributed by atoms with Gasteiger partial charge >= 0.3 is 5.97 Å². The zero-order valence-electron chi connectivity index (χ0n) is 17.3. The van der Waals surface area contributed by atoms with Crippen LogP contribution in [0.25, 0.3) is 6.08 Å². The van der Waals surface area contributed by atoms with Gasteiger partial charge in [0, 0.05) is 6.26 Å². The Kier molecular flexibility index (Phi) is 6.19. The molecule has 2 aliphatic rings. The number of hydrazone groups is 1. The summed E-state index contributed by atoms with van der Waals surface area (Å²) in [7, 11) is -3.62. The third-order valence-corrected chi connectivity index (χ3v) is 7.68. The van der Waals surface area contributed by atoms with Crippen LogP contribution >= 0.6 is 23.1 Å². The number of ether oxygens (including phenoxy) is 2. The number of nitrogens with one attached hydrogen (secondary N) is 1. The maximum atomic E-state index is 12.5. The van der Waals surface area contributed by atoms with E-state index in [1.54, 1.807) is 36.6 Å². The average molecular weight is 505 g/mol. The predicted octanol–water partition coefficient (Wildman–Crippen LogP) is 2.99. The molecule has 0 atom stereocenters. The Morgan fingerprint density at radius 1 is 1.27 bits per heavy atom. The van der Waals surface area contributed by atoms with Crippen molar-refractivity contribution in [1.29, 1.82) is 5.41 Å². The van der Waals surface area contributed by atoms with Gasteiger partial charge in [0.2, 0.25) is 19.4 Å². The molecule has 0 bridgehead atoms. The topological polar surface area (TPSA) is 139 Å². The Morgan fingerprint density at radius 3 is 2.73 bits per heavy atom. The number of nitrogens with zero attached hydrogens (tertiary/aromatic N) is 3. The molecule has 4 rings (SSSR count). The number of hydrogen-bond acceptors (Lipinski definition) is 10. The summed E-state index contributed by atoms with van der Waals surface area (Å²) in [5, 5.41) is 15.0. The van der Waals surface area contributed by atoms with Crippen molar-refractivity contribution in [3.05, 3.63) is 51.7 Å². The minimum absolute atomic E-state index is 0.00779. The largest absolute Gasteiger partial charge is 0.490 e. The lowest BCUT2D eigenvalue weighted by Gasteiger charge is -2.20. The first-order valence-corrected chi connectivity index (χ1v) is 13.0. The lowest BCUT2D eigenvalue weighted by Crippen LogP contribution is -2.35. The second-order valence-electron chi connectivity index (χ2n) is 6.66. The van der Waals surface area contributed by atoms with E-state index in [9.17, 15) is 18.0 Å². The molecule has 0 spiro atoms. The molecule has 0 fully saturated rings. The van der Waals surface area contributed by atoms with E-state index < -0.39 is 21.7 Å². The number of amidine groups is 2. The lowest BCUT2D eigenvalue weighted by molar-refractivity contribution is -0.114. The summed E-state index contributed by atoms with van der Waals surface area (Å²) in [4.78, 5) is 29.1. The molecule has 2 aliphatic heterocycles. The predicted molar refractivity (Wildman–Crippen MR) is 127 cm³/mol. The third kappa shape index (κ3) is 4.74. The molecule has 10 nitrogen and oxygen atoms in total. The van der Waals surface area contributed by atoms with Crippen LogP contribution in [0.5, 0.6) is 11.5 Å². The van der Waals surface area contributed by atoms with Crippen LogP contribution in [0.3, 0.4) is 0 Å². The first kappa shape index (κ1) is 22.9. The lowest BCUT2D eigenvalue weighted by atomic mass is 10.1. The monoisotopic (exact) mass is 504 g/mol. The number of carbonyl (C=O) groups is 2. The smallest absolute Gasteiger partial charge is 0.353 e. The summed E-state index contributed by atoms with van der Waals surface area (Å²) in [6.45, 7) is 2.08. The maximum Gasteiger partial charge on any atom is 0.353 e. The number of rotatable bonds is 5. The minimum atomic E-state index is -3.62. The normalized spacial score (nSPS) is 17.0. The highest BCUT2D eigenvalue weighted by molar-refractivity contribution is 8.42. The number of aliphatic imine (C=N–C) groups is 1. The zero-order valence-corrected chi connectivity index (χ0v) is 19.7. The van der Waals surface area contributed by atoms with Gasteiger partial charge in [-0.25, -0.2) is 13.2 Å². The van der Waals surface area contributed by atoms with Gasteiger partial charge < -0.3 is 9.47 Å². The van der Waals surface area contributed by atoms with Gasteiger partial charge in [0.1, 0.15) is 4.88 Å². The number of esters is 1. The quantitative estimate of drug-likeness (QED) is 0.372. The van der Waals surface area contributed by atoms with Crippen LogP contribution in [0.1, 0.15) is 22.2 Å². The number of thioether (sulfide) groups is 1. The summed E-state index contributed by atoms with van der Waals surface area (Å²) in [6, 6.07) is 8.08. The third-order valence-electron chi connectivity index (χ3n) is 4.26. The second kappa shape index (κ2) is 8.92. The molecular weight excluding hydrogens is 488 g/mol. The highest BCUT2D eigenvalue weighted by Crippen LogP contribution is 2.33. The highest BCUT2D eigenvalue weighted by atomic mass is 32.3. The van der Waals surface area contributed by atoms with Gasteiger partial charge in [-0.2, -0.15) is 10.0 Å². The Morgan fingerprint density at radius 2 is 2.06 bits per heavy atom. The Bertz CT molecular complexity index is 1360. The fourth-order valence-electron chi connectivity index (χ4n) is 2.80. The highest BCUT2D eigenvalue weighted by Gasteiger charge is 2.38. The molecule has 3 heterocycles. The van der Waals surface area contributed by atoms with E-state index in [1.165, 1.54) is 23.5 Å². The van der Waals surface area contributed by atoms with Crippen LogP contribution in [-0.4, -0.2) is 53.5 Å². The molecule has 1 aromatic carbocycles. The number of carbonyl (C=O) groups excluding carboxylic acids is 2. The molecule has 13 heteroatoms. The van der Waals surface area contributed by atoms with E-state index in [0.29, 0.717) is 28.8 Å². The Hall–Kier alpha value is -3.29. The minimum Gasteiger partial charge on any atom is -0.490 e. The van der Waals surface area contributed by atoms with E-state index >= 15 is 0 Å². The molecule has 0 saturated carbocycles. The molecular formula is C20H16N4O6S3. The van der Waals surface area contributed by atoms with Gasteiger partial charge in [0.05, 0.1) is 12.2 Å². The maximum absolute atomic E-state index is 12.5. The number of sulfone groups is 1. The fourth-order valence-corrected chi connectivity index (χ4v) is 5.09. The second-order valence-corrected chi connectivity index (χ2v) is 10.8. The standard InChI is InChI=1S/C20H16N4O6S3/c1-3-29-14-10-11(6-7-13(14)30-18(26)15-5-4-8-31-15)9-12-16(21)24-19(22-17(12)25)32-20(23-24)33(2,27)28/h4-10,21H,3H2,1-2H3. The fraction of sp³-hybridized carbons (Fsp3) is 0.150. The number of hydrogen-bond donors (Lipinski definition) is 1. The van der Waals surface area contributed by atoms with Crippen molar-refractivity contribution in [2.45, 2.75) is 6.92 Å². The van der Waals surface area contributed by atoms with Crippen LogP contribution in [0, 0.1) is 5.41 Å². The first-order chi connectivity index (χ1) is 15.7. The molecule has 0 unspecified atom stereocenters. The van der Waals surface area contributed by atoms with E-state index in [0.717, 1.165) is 11.3 Å².